The maximum atomic E-state index is 9.69. The summed E-state index contributed by atoms with van der Waals surface area (Å²) >= 11 is 0. The Bertz CT molecular complexity index is 359. The standard InChI is InChI=1S/C12H15NO2/c1-8(14)11-9(2)15-13-12(11)10-6-4-3-5-7-10/h3-9,11,14H,1-2H3/t8?,9-,11-/m1/s1. The lowest BCUT2D eigenvalue weighted by molar-refractivity contribution is 0.0343. The Labute approximate surface area is 89.4 Å². The second kappa shape index (κ2) is 4.03. The number of hydrogen-bond donors (Lipinski definition) is 1. The van der Waals surface area contributed by atoms with Gasteiger partial charge in [-0.1, -0.05) is 35.5 Å². The topological polar surface area (TPSA) is 41.8 Å². The van der Waals surface area contributed by atoms with Crippen LogP contribution in [0.3, 0.4) is 0 Å². The zero-order chi connectivity index (χ0) is 10.8. The Morgan fingerprint density at radius 3 is 2.60 bits per heavy atom. The molecule has 0 amide bonds. The summed E-state index contributed by atoms with van der Waals surface area (Å²) in [4.78, 5) is 5.22. The van der Waals surface area contributed by atoms with Crippen LogP contribution in [0.25, 0.3) is 0 Å². The summed E-state index contributed by atoms with van der Waals surface area (Å²) in [6, 6.07) is 9.84. The first-order valence-corrected chi connectivity index (χ1v) is 5.17. The highest BCUT2D eigenvalue weighted by Gasteiger charge is 2.35. The molecule has 1 aromatic rings. The number of aliphatic hydroxyl groups excluding tert-OH is 1. The fraction of sp³-hybridized carbons (Fsp3) is 0.417. The number of rotatable bonds is 2. The van der Waals surface area contributed by atoms with Gasteiger partial charge in [0.15, 0.2) is 0 Å². The first-order valence-electron chi connectivity index (χ1n) is 5.17. The van der Waals surface area contributed by atoms with Gasteiger partial charge in [0.1, 0.15) is 6.10 Å². The molecule has 0 spiro atoms. The van der Waals surface area contributed by atoms with Crippen molar-refractivity contribution in [2.45, 2.75) is 26.1 Å². The molecule has 3 atom stereocenters. The SMILES string of the molecule is CC(O)[C@H]1C(c2ccccc2)=NO[C@@H]1C. The molecule has 0 saturated carbocycles. The van der Waals surface area contributed by atoms with E-state index in [9.17, 15) is 5.11 Å². The molecule has 0 radical (unpaired) electrons. The summed E-state index contributed by atoms with van der Waals surface area (Å²) in [5, 5.41) is 13.7. The van der Waals surface area contributed by atoms with E-state index in [2.05, 4.69) is 5.16 Å². The smallest absolute Gasteiger partial charge is 0.135 e. The normalized spacial score (nSPS) is 27.0. The molecule has 80 valence electrons. The van der Waals surface area contributed by atoms with Gasteiger partial charge in [0.2, 0.25) is 0 Å². The van der Waals surface area contributed by atoms with Gasteiger partial charge in [0, 0.05) is 0 Å². The van der Waals surface area contributed by atoms with E-state index in [-0.39, 0.29) is 12.0 Å². The van der Waals surface area contributed by atoms with Crippen molar-refractivity contribution in [3.63, 3.8) is 0 Å². The third-order valence-electron chi connectivity index (χ3n) is 2.73. The van der Waals surface area contributed by atoms with Crippen molar-refractivity contribution < 1.29 is 9.94 Å². The molecule has 1 aromatic carbocycles. The van der Waals surface area contributed by atoms with Crippen LogP contribution in [-0.2, 0) is 4.84 Å². The van der Waals surface area contributed by atoms with Gasteiger partial charge in [-0.15, -0.1) is 0 Å². The summed E-state index contributed by atoms with van der Waals surface area (Å²) in [7, 11) is 0. The highest BCUT2D eigenvalue weighted by atomic mass is 16.6. The molecule has 3 heteroatoms. The van der Waals surface area contributed by atoms with Crippen molar-refractivity contribution in [3.8, 4) is 0 Å². The van der Waals surface area contributed by atoms with Crippen molar-refractivity contribution in [1.82, 2.24) is 0 Å². The van der Waals surface area contributed by atoms with Crippen LogP contribution in [0.4, 0.5) is 0 Å². The average molecular weight is 205 g/mol. The van der Waals surface area contributed by atoms with Crippen LogP contribution in [0.1, 0.15) is 19.4 Å². The molecule has 1 aliphatic rings. The van der Waals surface area contributed by atoms with Crippen LogP contribution in [-0.4, -0.2) is 23.0 Å². The molecule has 2 rings (SSSR count). The first kappa shape index (κ1) is 10.2. The Morgan fingerprint density at radius 1 is 1.33 bits per heavy atom. The molecular formula is C12H15NO2. The minimum Gasteiger partial charge on any atom is -0.393 e. The van der Waals surface area contributed by atoms with Crippen molar-refractivity contribution in [2.75, 3.05) is 0 Å². The maximum absolute atomic E-state index is 9.69. The highest BCUT2D eigenvalue weighted by Crippen LogP contribution is 2.25. The minimum atomic E-state index is -0.443. The molecule has 0 aromatic heterocycles. The third-order valence-corrected chi connectivity index (χ3v) is 2.73. The molecule has 3 nitrogen and oxygen atoms in total. The van der Waals surface area contributed by atoms with E-state index in [0.29, 0.717) is 0 Å². The predicted molar refractivity (Wildman–Crippen MR) is 58.7 cm³/mol. The number of benzene rings is 1. The van der Waals surface area contributed by atoms with Gasteiger partial charge in [-0.3, -0.25) is 0 Å². The molecule has 1 aliphatic heterocycles. The fourth-order valence-corrected chi connectivity index (χ4v) is 1.96. The van der Waals surface area contributed by atoms with Gasteiger partial charge in [0.25, 0.3) is 0 Å². The van der Waals surface area contributed by atoms with E-state index in [4.69, 9.17) is 4.84 Å². The van der Waals surface area contributed by atoms with Gasteiger partial charge < -0.3 is 9.94 Å². The molecule has 0 bridgehead atoms. The Kier molecular flexibility index (Phi) is 2.73. The monoisotopic (exact) mass is 205 g/mol. The number of hydrogen-bond acceptors (Lipinski definition) is 3. The third kappa shape index (κ3) is 1.88. The first-order chi connectivity index (χ1) is 7.20. The van der Waals surface area contributed by atoms with E-state index in [1.807, 2.05) is 37.3 Å². The summed E-state index contributed by atoms with van der Waals surface area (Å²) in [5.41, 5.74) is 1.87. The summed E-state index contributed by atoms with van der Waals surface area (Å²) < 4.78 is 0. The maximum Gasteiger partial charge on any atom is 0.135 e. The Hall–Kier alpha value is -1.35. The summed E-state index contributed by atoms with van der Waals surface area (Å²) in [5.74, 6) is -0.0348. The molecule has 1 unspecified atom stereocenters. The second-order valence-corrected chi connectivity index (χ2v) is 3.92. The molecule has 0 fully saturated rings. The van der Waals surface area contributed by atoms with E-state index in [1.165, 1.54) is 0 Å². The fourth-order valence-electron chi connectivity index (χ4n) is 1.96. The largest absolute Gasteiger partial charge is 0.393 e. The molecule has 0 aliphatic carbocycles. The number of aliphatic hydroxyl groups is 1. The second-order valence-electron chi connectivity index (χ2n) is 3.92. The van der Waals surface area contributed by atoms with E-state index >= 15 is 0 Å². The van der Waals surface area contributed by atoms with Gasteiger partial charge in [-0.05, 0) is 19.4 Å². The van der Waals surface area contributed by atoms with E-state index in [1.54, 1.807) is 6.92 Å². The lowest BCUT2D eigenvalue weighted by Crippen LogP contribution is -2.31. The molecule has 1 N–H and O–H groups in total. The highest BCUT2D eigenvalue weighted by molar-refractivity contribution is 6.03. The van der Waals surface area contributed by atoms with Crippen LogP contribution < -0.4 is 0 Å². The van der Waals surface area contributed by atoms with Crippen LogP contribution in [0.15, 0.2) is 35.5 Å². The van der Waals surface area contributed by atoms with Crippen LogP contribution >= 0.6 is 0 Å². The lowest BCUT2D eigenvalue weighted by Gasteiger charge is -2.18. The zero-order valence-corrected chi connectivity index (χ0v) is 8.92. The van der Waals surface area contributed by atoms with Gasteiger partial charge in [-0.25, -0.2) is 0 Å². The Balaban J connectivity index is 2.30. The Morgan fingerprint density at radius 2 is 2.00 bits per heavy atom. The van der Waals surface area contributed by atoms with E-state index < -0.39 is 6.10 Å². The predicted octanol–water partition coefficient (Wildman–Crippen LogP) is 1.81. The number of oxime groups is 1. The van der Waals surface area contributed by atoms with Crippen molar-refractivity contribution >= 4 is 5.71 Å². The average Bonchev–Trinajstić information content (AvgIpc) is 2.61. The van der Waals surface area contributed by atoms with Crippen molar-refractivity contribution in [2.24, 2.45) is 11.1 Å². The van der Waals surface area contributed by atoms with Gasteiger partial charge >= 0.3 is 0 Å². The van der Waals surface area contributed by atoms with Gasteiger partial charge in [-0.2, -0.15) is 0 Å². The minimum absolute atomic E-state index is 0.0348. The molecule has 1 heterocycles. The van der Waals surface area contributed by atoms with Crippen LogP contribution in [0.2, 0.25) is 0 Å². The zero-order valence-electron chi connectivity index (χ0n) is 8.92. The van der Waals surface area contributed by atoms with E-state index in [0.717, 1.165) is 11.3 Å². The van der Waals surface area contributed by atoms with Crippen molar-refractivity contribution in [3.05, 3.63) is 35.9 Å². The summed E-state index contributed by atoms with van der Waals surface area (Å²) in [6.07, 6.45) is -0.498. The molecule has 0 saturated heterocycles. The van der Waals surface area contributed by atoms with Gasteiger partial charge in [0.05, 0.1) is 17.7 Å². The summed E-state index contributed by atoms with van der Waals surface area (Å²) in [6.45, 7) is 3.70. The molecular weight excluding hydrogens is 190 g/mol. The number of nitrogens with zero attached hydrogens (tertiary/aromatic N) is 1. The molecule has 15 heavy (non-hydrogen) atoms. The van der Waals surface area contributed by atoms with Crippen LogP contribution in [0.5, 0.6) is 0 Å². The quantitative estimate of drug-likeness (QED) is 0.800. The van der Waals surface area contributed by atoms with Crippen molar-refractivity contribution in [1.29, 1.82) is 0 Å². The lowest BCUT2D eigenvalue weighted by atomic mass is 9.89. The van der Waals surface area contributed by atoms with Crippen LogP contribution in [0, 0.1) is 5.92 Å².